The molecule has 2 aromatic carbocycles. The molecule has 0 spiro atoms. The molecule has 0 unspecified atom stereocenters. The van der Waals surface area contributed by atoms with Gasteiger partial charge >= 0.3 is 6.09 Å². The number of hydrogen-bond donors (Lipinski definition) is 1. The summed E-state index contributed by atoms with van der Waals surface area (Å²) < 4.78 is 5.20. The third kappa shape index (κ3) is 4.53. The number of hydrogen-bond acceptors (Lipinski definition) is 5. The number of ether oxygens (including phenoxy) is 1. The second-order valence-corrected chi connectivity index (χ2v) is 9.15. The summed E-state index contributed by atoms with van der Waals surface area (Å²) >= 11 is 6.61. The lowest BCUT2D eigenvalue weighted by molar-refractivity contribution is 0.0560. The first-order valence-corrected chi connectivity index (χ1v) is 12.1. The zero-order valence-corrected chi connectivity index (χ0v) is 20.4. The maximum atomic E-state index is 13.2. The van der Waals surface area contributed by atoms with Crippen molar-refractivity contribution in [3.8, 4) is 11.3 Å². The number of fused-ring (bicyclic) bond motifs is 2. The second-order valence-electron chi connectivity index (χ2n) is 8.74. The van der Waals surface area contributed by atoms with Crippen molar-refractivity contribution >= 4 is 45.4 Å². The van der Waals surface area contributed by atoms with Crippen LogP contribution in [0.1, 0.15) is 29.3 Å². The Balaban J connectivity index is 1.39. The van der Waals surface area contributed by atoms with Crippen LogP contribution in [-0.4, -0.2) is 69.8 Å². The quantitative estimate of drug-likeness (QED) is 0.431. The van der Waals surface area contributed by atoms with Crippen molar-refractivity contribution in [3.05, 3.63) is 58.7 Å². The first kappa shape index (κ1) is 23.1. The summed E-state index contributed by atoms with van der Waals surface area (Å²) in [5.41, 5.74) is 4.93. The lowest BCUT2D eigenvalue weighted by Crippen LogP contribution is -2.50. The van der Waals surface area contributed by atoms with Crippen LogP contribution in [0.4, 0.5) is 4.79 Å². The first-order valence-electron chi connectivity index (χ1n) is 11.7. The fourth-order valence-corrected chi connectivity index (χ4v) is 4.67. The summed E-state index contributed by atoms with van der Waals surface area (Å²) in [6.45, 7) is 6.19. The predicted octanol–water partition coefficient (Wildman–Crippen LogP) is 5.04. The smallest absolute Gasteiger partial charge is 0.409 e. The molecule has 0 aliphatic carbocycles. The number of amides is 2. The molecule has 1 aliphatic heterocycles. The van der Waals surface area contributed by atoms with Gasteiger partial charge in [0.1, 0.15) is 0 Å². The van der Waals surface area contributed by atoms with Crippen molar-refractivity contribution in [3.63, 3.8) is 0 Å². The summed E-state index contributed by atoms with van der Waals surface area (Å²) in [7, 11) is 0. The number of piperazine rings is 1. The summed E-state index contributed by atoms with van der Waals surface area (Å²) in [6, 6.07) is 11.3. The van der Waals surface area contributed by atoms with E-state index in [9.17, 15) is 9.59 Å². The van der Waals surface area contributed by atoms with E-state index in [0.717, 1.165) is 39.5 Å². The fraction of sp³-hybridized carbons (Fsp3) is 0.308. The molecule has 0 bridgehead atoms. The monoisotopic (exact) mass is 491 g/mol. The van der Waals surface area contributed by atoms with Crippen molar-refractivity contribution < 1.29 is 14.3 Å². The number of halogens is 1. The van der Waals surface area contributed by atoms with Gasteiger partial charge in [-0.1, -0.05) is 24.6 Å². The minimum atomic E-state index is -0.320. The standard InChI is InChI=1S/C26H26ClN5O3/c1-3-10-35-26(34)32-8-6-31(7-9-32)25(33)17-4-5-20-21(27)14-22(29-23(20)13-17)18-11-16(2)24-19(12-18)15-28-30-24/h4-5,11-15H,3,6-10H2,1-2H3,(H,28,30). The Bertz CT molecular complexity index is 1430. The summed E-state index contributed by atoms with van der Waals surface area (Å²) in [4.78, 5) is 33.5. The van der Waals surface area contributed by atoms with Crippen LogP contribution in [0.25, 0.3) is 33.1 Å². The van der Waals surface area contributed by atoms with Gasteiger partial charge in [0.05, 0.1) is 34.6 Å². The van der Waals surface area contributed by atoms with Crippen LogP contribution < -0.4 is 0 Å². The predicted molar refractivity (Wildman–Crippen MR) is 136 cm³/mol. The SMILES string of the molecule is CCCOC(=O)N1CCN(C(=O)c2ccc3c(Cl)cc(-c4cc(C)c5[nH]ncc5c4)nc3c2)CC1. The largest absolute Gasteiger partial charge is 0.449 e. The lowest BCUT2D eigenvalue weighted by atomic mass is 10.0. The number of aromatic nitrogens is 3. The van der Waals surface area contributed by atoms with Gasteiger partial charge < -0.3 is 14.5 Å². The van der Waals surface area contributed by atoms with E-state index in [0.29, 0.717) is 48.9 Å². The summed E-state index contributed by atoms with van der Waals surface area (Å²) in [5.74, 6) is -0.0903. The highest BCUT2D eigenvalue weighted by molar-refractivity contribution is 6.35. The van der Waals surface area contributed by atoms with E-state index in [1.165, 1.54) is 0 Å². The van der Waals surface area contributed by atoms with E-state index in [1.54, 1.807) is 28.1 Å². The van der Waals surface area contributed by atoms with Gasteiger partial charge in [-0.05, 0) is 49.2 Å². The number of aromatic amines is 1. The second kappa shape index (κ2) is 9.54. The van der Waals surface area contributed by atoms with Crippen LogP contribution in [0, 0.1) is 6.92 Å². The van der Waals surface area contributed by atoms with Crippen molar-refractivity contribution in [2.75, 3.05) is 32.8 Å². The van der Waals surface area contributed by atoms with Crippen LogP contribution in [-0.2, 0) is 4.74 Å². The minimum absolute atomic E-state index is 0.0903. The molecule has 1 N–H and O–H groups in total. The number of nitrogens with one attached hydrogen (secondary N) is 1. The van der Waals surface area contributed by atoms with Crippen molar-refractivity contribution in [1.29, 1.82) is 0 Å². The minimum Gasteiger partial charge on any atom is -0.449 e. The molecule has 4 aromatic rings. The van der Waals surface area contributed by atoms with Gasteiger partial charge in [-0.3, -0.25) is 9.89 Å². The Morgan fingerprint density at radius 2 is 1.86 bits per heavy atom. The van der Waals surface area contributed by atoms with Gasteiger partial charge in [0.25, 0.3) is 5.91 Å². The Kier molecular flexibility index (Phi) is 6.30. The molecule has 180 valence electrons. The van der Waals surface area contributed by atoms with Crippen molar-refractivity contribution in [2.45, 2.75) is 20.3 Å². The van der Waals surface area contributed by atoms with Crippen LogP contribution in [0.2, 0.25) is 5.02 Å². The summed E-state index contributed by atoms with van der Waals surface area (Å²) in [5, 5.41) is 9.50. The normalized spacial score (nSPS) is 14.0. The highest BCUT2D eigenvalue weighted by Crippen LogP contribution is 2.31. The molecule has 2 amide bonds. The summed E-state index contributed by atoms with van der Waals surface area (Å²) in [6.07, 6.45) is 2.25. The van der Waals surface area contributed by atoms with Crippen LogP contribution >= 0.6 is 11.6 Å². The van der Waals surface area contributed by atoms with E-state index in [2.05, 4.69) is 10.2 Å². The average Bonchev–Trinajstić information content (AvgIpc) is 3.36. The zero-order chi connectivity index (χ0) is 24.5. The molecule has 0 radical (unpaired) electrons. The van der Waals surface area contributed by atoms with Crippen LogP contribution in [0.5, 0.6) is 0 Å². The molecule has 1 aliphatic rings. The van der Waals surface area contributed by atoms with Crippen LogP contribution in [0.3, 0.4) is 0 Å². The molecule has 9 heteroatoms. The Hall–Kier alpha value is -3.65. The number of nitrogens with zero attached hydrogens (tertiary/aromatic N) is 4. The molecule has 8 nitrogen and oxygen atoms in total. The highest BCUT2D eigenvalue weighted by Gasteiger charge is 2.26. The lowest BCUT2D eigenvalue weighted by Gasteiger charge is -2.34. The topological polar surface area (TPSA) is 91.4 Å². The van der Waals surface area contributed by atoms with Crippen molar-refractivity contribution in [2.24, 2.45) is 0 Å². The number of benzene rings is 2. The van der Waals surface area contributed by atoms with Gasteiger partial charge in [-0.2, -0.15) is 5.10 Å². The molecule has 1 fully saturated rings. The molecule has 5 rings (SSSR count). The number of carbonyl (C=O) groups is 2. The third-order valence-electron chi connectivity index (χ3n) is 6.30. The number of carbonyl (C=O) groups excluding carboxylic acids is 2. The molecule has 2 aromatic heterocycles. The maximum Gasteiger partial charge on any atom is 0.409 e. The number of rotatable bonds is 4. The van der Waals surface area contributed by atoms with Crippen LogP contribution in [0.15, 0.2) is 42.6 Å². The van der Waals surface area contributed by atoms with Gasteiger partial charge in [0.2, 0.25) is 0 Å². The molecule has 1 saturated heterocycles. The van der Waals surface area contributed by atoms with E-state index < -0.39 is 0 Å². The number of H-pyrrole nitrogens is 1. The maximum absolute atomic E-state index is 13.2. The number of pyridine rings is 1. The Morgan fingerprint density at radius 3 is 2.63 bits per heavy atom. The molecule has 0 atom stereocenters. The van der Waals surface area contributed by atoms with E-state index >= 15 is 0 Å². The molecular formula is C26H26ClN5O3. The third-order valence-corrected chi connectivity index (χ3v) is 6.62. The van der Waals surface area contributed by atoms with Crippen molar-refractivity contribution in [1.82, 2.24) is 25.0 Å². The highest BCUT2D eigenvalue weighted by atomic mass is 35.5. The van der Waals surface area contributed by atoms with E-state index in [1.807, 2.05) is 38.1 Å². The first-order chi connectivity index (χ1) is 16.9. The molecule has 35 heavy (non-hydrogen) atoms. The molecular weight excluding hydrogens is 466 g/mol. The average molecular weight is 492 g/mol. The van der Waals surface area contributed by atoms with Gasteiger partial charge in [-0.15, -0.1) is 0 Å². The Morgan fingerprint density at radius 1 is 1.09 bits per heavy atom. The zero-order valence-electron chi connectivity index (χ0n) is 19.7. The Labute approximate surface area is 207 Å². The van der Waals surface area contributed by atoms with Gasteiger partial charge in [0.15, 0.2) is 0 Å². The van der Waals surface area contributed by atoms with Gasteiger partial charge in [0, 0.05) is 48.1 Å². The van der Waals surface area contributed by atoms with E-state index in [4.69, 9.17) is 21.3 Å². The fourth-order valence-electron chi connectivity index (χ4n) is 4.41. The molecule has 0 saturated carbocycles. The number of aryl methyl sites for hydroxylation is 1. The van der Waals surface area contributed by atoms with Gasteiger partial charge in [-0.25, -0.2) is 9.78 Å². The van der Waals surface area contributed by atoms with E-state index in [-0.39, 0.29) is 12.0 Å². The molecule has 3 heterocycles.